The molecular formula is C27H23FN6O2S. The number of nitrogen functional groups attached to an aromatic ring is 1. The third-order valence-electron chi connectivity index (χ3n) is 6.38. The third kappa shape index (κ3) is 4.51. The van der Waals surface area contributed by atoms with Crippen molar-refractivity contribution in [1.82, 2.24) is 10.3 Å². The molecule has 1 aliphatic heterocycles. The molecule has 1 aliphatic rings. The van der Waals surface area contributed by atoms with Crippen molar-refractivity contribution in [3.63, 3.8) is 0 Å². The Bertz CT molecular complexity index is 1610. The maximum atomic E-state index is 14.2. The highest BCUT2D eigenvalue weighted by molar-refractivity contribution is 7.21. The predicted octanol–water partition coefficient (Wildman–Crippen LogP) is 4.19. The van der Waals surface area contributed by atoms with Crippen LogP contribution in [0.3, 0.4) is 0 Å². The molecule has 0 radical (unpaired) electrons. The summed E-state index contributed by atoms with van der Waals surface area (Å²) in [5.41, 5.74) is 9.70. The number of thiophene rings is 1. The summed E-state index contributed by atoms with van der Waals surface area (Å²) in [6.07, 6.45) is 4.94. The van der Waals surface area contributed by atoms with Gasteiger partial charge in [0.2, 0.25) is 5.27 Å². The van der Waals surface area contributed by atoms with Crippen LogP contribution in [0.1, 0.15) is 24.1 Å². The second-order valence-corrected chi connectivity index (χ2v) is 9.85. The second-order valence-electron chi connectivity index (χ2n) is 8.85. The number of fused-ring (bicyclic) bond motifs is 1. The Balaban J connectivity index is 1.45. The Morgan fingerprint density at radius 2 is 1.84 bits per heavy atom. The van der Waals surface area contributed by atoms with E-state index in [-0.39, 0.29) is 22.3 Å². The summed E-state index contributed by atoms with van der Waals surface area (Å²) in [5.74, 6) is -0.819. The molecule has 6 rings (SSSR count). The van der Waals surface area contributed by atoms with E-state index >= 15 is 0 Å². The first kappa shape index (κ1) is 23.1. The number of hydrogen-bond donors (Lipinski definition) is 1. The quantitative estimate of drug-likeness (QED) is 0.214. The fraction of sp³-hybridized carbons (Fsp3) is 0.185. The number of nitrogens with two attached hydrogens (primary N) is 1. The van der Waals surface area contributed by atoms with Crippen molar-refractivity contribution in [3.8, 4) is 22.4 Å². The Morgan fingerprint density at radius 3 is 2.62 bits per heavy atom. The van der Waals surface area contributed by atoms with Gasteiger partial charge >= 0.3 is 5.88 Å². The van der Waals surface area contributed by atoms with Crippen molar-refractivity contribution < 1.29 is 18.8 Å². The Labute approximate surface area is 216 Å². The molecule has 0 saturated carbocycles. The van der Waals surface area contributed by atoms with Crippen molar-refractivity contribution in [2.45, 2.75) is 19.3 Å². The molecule has 3 aromatic heterocycles. The first-order valence-corrected chi connectivity index (χ1v) is 12.8. The zero-order valence-corrected chi connectivity index (χ0v) is 20.6. The minimum atomic E-state index is -0.547. The minimum absolute atomic E-state index is 0.0933. The average Bonchev–Trinajstić information content (AvgIpc) is 3.53. The molecule has 2 N–H and O–H groups in total. The van der Waals surface area contributed by atoms with Crippen LogP contribution in [0, 0.1) is 5.82 Å². The fourth-order valence-corrected chi connectivity index (χ4v) is 5.57. The number of rotatable bonds is 5. The minimum Gasteiger partial charge on any atom is -0.857 e. The Kier molecular flexibility index (Phi) is 6.01. The number of hydrogen-bond acceptors (Lipinski definition) is 8. The highest BCUT2D eigenvalue weighted by Crippen LogP contribution is 2.41. The molecule has 5 aromatic rings. The van der Waals surface area contributed by atoms with Gasteiger partial charge in [-0.25, -0.2) is 14.4 Å². The molecule has 0 amide bonds. The summed E-state index contributed by atoms with van der Waals surface area (Å²) < 4.78 is 19.5. The topological polar surface area (TPSA) is 107 Å². The molecule has 2 aromatic carbocycles. The number of anilines is 1. The summed E-state index contributed by atoms with van der Waals surface area (Å²) in [6, 6.07) is 17.8. The van der Waals surface area contributed by atoms with Crippen LogP contribution >= 0.6 is 11.3 Å². The highest BCUT2D eigenvalue weighted by Gasteiger charge is 2.23. The van der Waals surface area contributed by atoms with Gasteiger partial charge in [0.1, 0.15) is 10.6 Å². The van der Waals surface area contributed by atoms with Gasteiger partial charge < -0.3 is 10.8 Å². The smallest absolute Gasteiger partial charge is 0.324 e. The van der Waals surface area contributed by atoms with Crippen LogP contribution in [-0.2, 0) is 0 Å². The normalized spacial score (nSPS) is 14.4. The third-order valence-corrected chi connectivity index (χ3v) is 7.46. The Morgan fingerprint density at radius 1 is 1.05 bits per heavy atom. The van der Waals surface area contributed by atoms with Gasteiger partial charge in [0.25, 0.3) is 6.20 Å². The average molecular weight is 515 g/mol. The van der Waals surface area contributed by atoms with E-state index in [4.69, 9.17) is 15.2 Å². The van der Waals surface area contributed by atoms with Crippen LogP contribution < -0.4 is 20.6 Å². The summed E-state index contributed by atoms with van der Waals surface area (Å²) in [6.45, 7) is 1.73. The summed E-state index contributed by atoms with van der Waals surface area (Å²) >= 11 is 1.16. The zero-order chi connectivity index (χ0) is 25.4. The first-order valence-electron chi connectivity index (χ1n) is 12.0. The van der Waals surface area contributed by atoms with Crippen molar-refractivity contribution >= 4 is 39.0 Å². The van der Waals surface area contributed by atoms with E-state index in [9.17, 15) is 9.50 Å². The molecule has 1 fully saturated rings. The van der Waals surface area contributed by atoms with Crippen molar-refractivity contribution in [3.05, 3.63) is 77.6 Å². The molecular weight excluding hydrogens is 491 g/mol. The van der Waals surface area contributed by atoms with Crippen molar-refractivity contribution in [2.24, 2.45) is 4.99 Å². The standard InChI is InChI=1S/C27H23FN6O2S/c28-19-11-7-10-18(14-19)20-15-21(17-8-3-1-4-9-17)30-27-23(20)24(29)25(37-27)26(35)31-22-16-34(32-36-22)33-12-5-2-6-13-33/h1,3-4,7-11,14-16H,2,5-6,12-13H2,(H2-,29,31,32,35). The van der Waals surface area contributed by atoms with E-state index in [1.54, 1.807) is 17.1 Å². The molecule has 8 nitrogen and oxygen atoms in total. The van der Waals surface area contributed by atoms with E-state index in [1.165, 1.54) is 18.6 Å². The van der Waals surface area contributed by atoms with E-state index in [0.717, 1.165) is 42.8 Å². The van der Waals surface area contributed by atoms with E-state index < -0.39 is 5.90 Å². The molecule has 1 saturated heterocycles. The van der Waals surface area contributed by atoms with Gasteiger partial charge in [-0.05, 0) is 48.6 Å². The number of piperidine rings is 1. The number of benzene rings is 2. The first-order chi connectivity index (χ1) is 18.1. The molecule has 0 bridgehead atoms. The van der Waals surface area contributed by atoms with Crippen LogP contribution in [0.15, 0.2) is 76.4 Å². The van der Waals surface area contributed by atoms with Gasteiger partial charge in [-0.15, -0.1) is 11.3 Å². The lowest BCUT2D eigenvalue weighted by Gasteiger charge is -2.17. The van der Waals surface area contributed by atoms with Gasteiger partial charge in [0, 0.05) is 16.8 Å². The van der Waals surface area contributed by atoms with Gasteiger partial charge in [0.05, 0.1) is 34.1 Å². The monoisotopic (exact) mass is 514 g/mol. The SMILES string of the molecule is Nc1c(/C([O-])=N/c2c[n+](N3CCCCC3)no2)sc2nc(-c3ccccc3)cc(-c3cccc(F)c3)c12. The maximum Gasteiger partial charge on any atom is 0.324 e. The van der Waals surface area contributed by atoms with Crippen LogP contribution in [0.25, 0.3) is 32.6 Å². The van der Waals surface area contributed by atoms with Crippen molar-refractivity contribution in [2.75, 3.05) is 23.8 Å². The van der Waals surface area contributed by atoms with Gasteiger partial charge in [-0.1, -0.05) is 42.5 Å². The number of halogens is 1. The van der Waals surface area contributed by atoms with E-state index in [2.05, 4.69) is 10.3 Å². The van der Waals surface area contributed by atoms with Crippen LogP contribution in [0.2, 0.25) is 0 Å². The highest BCUT2D eigenvalue weighted by atomic mass is 32.1. The van der Waals surface area contributed by atoms with Gasteiger partial charge in [0.15, 0.2) is 0 Å². The fourth-order valence-electron chi connectivity index (χ4n) is 4.57. The van der Waals surface area contributed by atoms with Crippen LogP contribution in [0.4, 0.5) is 16.0 Å². The number of pyridine rings is 1. The predicted molar refractivity (Wildman–Crippen MR) is 140 cm³/mol. The molecule has 0 spiro atoms. The Hall–Kier alpha value is -4.31. The second kappa shape index (κ2) is 9.62. The van der Waals surface area contributed by atoms with Crippen molar-refractivity contribution in [1.29, 1.82) is 0 Å². The van der Waals surface area contributed by atoms with Gasteiger partial charge in [-0.3, -0.25) is 4.52 Å². The lowest BCUT2D eigenvalue weighted by molar-refractivity contribution is -0.759. The largest absolute Gasteiger partial charge is 0.857 e. The molecule has 0 atom stereocenters. The van der Waals surface area contributed by atoms with E-state index in [1.807, 2.05) is 47.5 Å². The molecule has 37 heavy (non-hydrogen) atoms. The summed E-state index contributed by atoms with van der Waals surface area (Å²) in [5, 5.41) is 19.9. The summed E-state index contributed by atoms with van der Waals surface area (Å²) in [7, 11) is 0. The van der Waals surface area contributed by atoms with E-state index in [0.29, 0.717) is 27.0 Å². The van der Waals surface area contributed by atoms with Gasteiger partial charge in [-0.2, -0.15) is 5.01 Å². The molecule has 10 heteroatoms. The van der Waals surface area contributed by atoms with Crippen LogP contribution in [0.5, 0.6) is 0 Å². The zero-order valence-electron chi connectivity index (χ0n) is 19.8. The number of aliphatic imine (C=N–C) groups is 1. The maximum absolute atomic E-state index is 14.2. The molecule has 186 valence electrons. The molecule has 0 aliphatic carbocycles. The molecule has 4 heterocycles. The lowest BCUT2D eigenvalue weighted by Crippen LogP contribution is -2.60. The lowest BCUT2D eigenvalue weighted by atomic mass is 9.99. The molecule has 0 unspecified atom stereocenters. The summed E-state index contributed by atoms with van der Waals surface area (Å²) in [4.78, 5) is 11.3. The number of aromatic nitrogens is 3. The van der Waals surface area contributed by atoms with Crippen LogP contribution in [-0.4, -0.2) is 29.2 Å². The number of nitrogens with zero attached hydrogens (tertiary/aromatic N) is 5.